The van der Waals surface area contributed by atoms with Gasteiger partial charge in [-0.2, -0.15) is 15.2 Å². The van der Waals surface area contributed by atoms with Gasteiger partial charge in [-0.05, 0) is 17.5 Å². The van der Waals surface area contributed by atoms with Gasteiger partial charge < -0.3 is 0 Å². The largest absolute Gasteiger partial charge is 0.363 e. The minimum absolute atomic E-state index is 0.306. The van der Waals surface area contributed by atoms with Gasteiger partial charge >= 0.3 is 5.69 Å². The van der Waals surface area contributed by atoms with Crippen LogP contribution in [0.3, 0.4) is 0 Å². The normalized spacial score (nSPS) is 10.7. The Labute approximate surface area is 104 Å². The summed E-state index contributed by atoms with van der Waals surface area (Å²) in [5, 5.41) is 9.76. The molecule has 0 spiro atoms. The van der Waals surface area contributed by atoms with Gasteiger partial charge in [0.25, 0.3) is 0 Å². The number of hydrogen-bond acceptors (Lipinski definition) is 5. The summed E-state index contributed by atoms with van der Waals surface area (Å²) in [7, 11) is 0. The van der Waals surface area contributed by atoms with Gasteiger partial charge in [0.15, 0.2) is 5.82 Å². The molecule has 0 unspecified atom stereocenters. The van der Waals surface area contributed by atoms with Crippen LogP contribution in [0, 0.1) is 0 Å². The Morgan fingerprint density at radius 3 is 2.83 bits per heavy atom. The van der Waals surface area contributed by atoms with Crippen LogP contribution >= 0.6 is 0 Å². The highest BCUT2D eigenvalue weighted by atomic mass is 16.1. The molecule has 0 amide bonds. The molecule has 0 radical (unpaired) electrons. The zero-order chi connectivity index (χ0) is 12.8. The summed E-state index contributed by atoms with van der Waals surface area (Å²) >= 11 is 0. The molecule has 0 saturated heterocycles. The highest BCUT2D eigenvalue weighted by Crippen LogP contribution is 2.03. The van der Waals surface area contributed by atoms with Crippen LogP contribution in [-0.2, 0) is 6.42 Å². The second-order valence-corrected chi connectivity index (χ2v) is 3.64. The topological polar surface area (TPSA) is 83.0 Å². The highest BCUT2D eigenvalue weighted by molar-refractivity contribution is 5.80. The lowest BCUT2D eigenvalue weighted by Crippen LogP contribution is -2.13. The molecule has 2 aromatic rings. The van der Waals surface area contributed by atoms with E-state index < -0.39 is 5.69 Å². The van der Waals surface area contributed by atoms with Gasteiger partial charge in [-0.1, -0.05) is 31.2 Å². The Hall–Kier alpha value is -2.50. The van der Waals surface area contributed by atoms with E-state index in [2.05, 4.69) is 32.6 Å². The Kier molecular flexibility index (Phi) is 3.80. The second-order valence-electron chi connectivity index (χ2n) is 3.64. The fourth-order valence-electron chi connectivity index (χ4n) is 1.38. The van der Waals surface area contributed by atoms with E-state index in [1.54, 1.807) is 6.21 Å². The molecule has 0 bridgehead atoms. The van der Waals surface area contributed by atoms with Gasteiger partial charge in [0.1, 0.15) is 0 Å². The van der Waals surface area contributed by atoms with Crippen LogP contribution in [0.15, 0.2) is 40.4 Å². The number of rotatable bonds is 4. The van der Waals surface area contributed by atoms with Crippen molar-refractivity contribution >= 4 is 12.0 Å². The van der Waals surface area contributed by atoms with Crippen LogP contribution in [0.5, 0.6) is 0 Å². The summed E-state index contributed by atoms with van der Waals surface area (Å²) in [6.07, 6.45) is 4.05. The summed E-state index contributed by atoms with van der Waals surface area (Å²) in [4.78, 5) is 14.5. The molecule has 0 fully saturated rings. The Balaban J connectivity index is 2.00. The average Bonchev–Trinajstić information content (AvgIpc) is 2.40. The molecule has 1 heterocycles. The zero-order valence-electron chi connectivity index (χ0n) is 9.92. The third kappa shape index (κ3) is 3.24. The monoisotopic (exact) mass is 243 g/mol. The molecule has 6 nitrogen and oxygen atoms in total. The average molecular weight is 243 g/mol. The van der Waals surface area contributed by atoms with Crippen LogP contribution in [0.1, 0.15) is 18.1 Å². The summed E-state index contributed by atoms with van der Waals surface area (Å²) < 4.78 is 0. The number of aromatic amines is 1. The molecular weight excluding hydrogens is 230 g/mol. The van der Waals surface area contributed by atoms with Gasteiger partial charge in [-0.3, -0.25) is 5.43 Å². The van der Waals surface area contributed by atoms with Gasteiger partial charge in [0, 0.05) is 0 Å². The smallest absolute Gasteiger partial charge is 0.260 e. The maximum Gasteiger partial charge on any atom is 0.363 e. The van der Waals surface area contributed by atoms with Crippen molar-refractivity contribution in [2.75, 3.05) is 5.43 Å². The summed E-state index contributed by atoms with van der Waals surface area (Å²) in [5.41, 5.74) is 4.38. The lowest BCUT2D eigenvalue weighted by molar-refractivity contribution is 0.913. The molecule has 0 aliphatic heterocycles. The van der Waals surface area contributed by atoms with E-state index >= 15 is 0 Å². The molecule has 1 aromatic heterocycles. The number of aryl methyl sites for hydroxylation is 1. The van der Waals surface area contributed by atoms with Crippen molar-refractivity contribution < 1.29 is 0 Å². The summed E-state index contributed by atoms with van der Waals surface area (Å²) in [5.74, 6) is 0.306. The first-order valence-corrected chi connectivity index (χ1v) is 5.57. The lowest BCUT2D eigenvalue weighted by atomic mass is 10.1. The SMILES string of the molecule is CCc1ccc(/C=N/Nc2cn[nH]c(=O)n2)cc1. The fraction of sp³-hybridized carbons (Fsp3) is 0.167. The van der Waals surface area contributed by atoms with Gasteiger partial charge in [-0.25, -0.2) is 9.89 Å². The second kappa shape index (κ2) is 5.72. The van der Waals surface area contributed by atoms with E-state index in [0.717, 1.165) is 12.0 Å². The molecule has 1 aromatic carbocycles. The molecule has 18 heavy (non-hydrogen) atoms. The first kappa shape index (κ1) is 12.0. The van der Waals surface area contributed by atoms with Gasteiger partial charge in [-0.15, -0.1) is 0 Å². The van der Waals surface area contributed by atoms with Crippen molar-refractivity contribution in [3.63, 3.8) is 0 Å². The molecule has 6 heteroatoms. The van der Waals surface area contributed by atoms with E-state index in [1.165, 1.54) is 11.8 Å². The molecule has 92 valence electrons. The minimum Gasteiger partial charge on any atom is -0.260 e. The van der Waals surface area contributed by atoms with Crippen LogP contribution in [-0.4, -0.2) is 21.4 Å². The predicted molar refractivity (Wildman–Crippen MR) is 69.7 cm³/mol. The number of hydrogen-bond donors (Lipinski definition) is 2. The molecular formula is C12H13N5O. The van der Waals surface area contributed by atoms with Crippen LogP contribution < -0.4 is 11.1 Å². The number of nitrogens with zero attached hydrogens (tertiary/aromatic N) is 3. The van der Waals surface area contributed by atoms with E-state index in [-0.39, 0.29) is 0 Å². The minimum atomic E-state index is -0.512. The molecule has 2 N–H and O–H groups in total. The summed E-state index contributed by atoms with van der Waals surface area (Å²) in [6, 6.07) is 8.06. The number of H-pyrrole nitrogens is 1. The third-order valence-electron chi connectivity index (χ3n) is 2.35. The van der Waals surface area contributed by atoms with Crippen LogP contribution in [0.4, 0.5) is 5.82 Å². The summed E-state index contributed by atoms with van der Waals surface area (Å²) in [6.45, 7) is 2.11. The number of hydrazone groups is 1. The van der Waals surface area contributed by atoms with Crippen LogP contribution in [0.2, 0.25) is 0 Å². The first-order chi connectivity index (χ1) is 8.78. The maximum absolute atomic E-state index is 10.9. The third-order valence-corrected chi connectivity index (χ3v) is 2.35. The number of benzene rings is 1. The molecule has 0 aliphatic rings. The standard InChI is InChI=1S/C12H13N5O/c1-2-9-3-5-10(6-4-9)7-13-16-11-8-14-17-12(18)15-11/h3-8H,2H2,1H3,(H2,15,16,17,18)/b13-7+. The van der Waals surface area contributed by atoms with Gasteiger partial charge in [0.05, 0.1) is 12.4 Å². The van der Waals surface area contributed by atoms with Crippen molar-refractivity contribution in [1.29, 1.82) is 0 Å². The van der Waals surface area contributed by atoms with Crippen molar-refractivity contribution in [3.05, 3.63) is 52.1 Å². The van der Waals surface area contributed by atoms with E-state index in [4.69, 9.17) is 0 Å². The first-order valence-electron chi connectivity index (χ1n) is 5.57. The molecule has 0 atom stereocenters. The molecule has 2 rings (SSSR count). The Morgan fingerprint density at radius 2 is 2.17 bits per heavy atom. The number of nitrogens with one attached hydrogen (secondary N) is 2. The Bertz CT molecular complexity index is 588. The lowest BCUT2D eigenvalue weighted by Gasteiger charge is -1.98. The van der Waals surface area contributed by atoms with Crippen LogP contribution in [0.25, 0.3) is 0 Å². The van der Waals surface area contributed by atoms with E-state index in [0.29, 0.717) is 5.82 Å². The van der Waals surface area contributed by atoms with Crippen molar-refractivity contribution in [2.24, 2.45) is 5.10 Å². The zero-order valence-corrected chi connectivity index (χ0v) is 9.92. The van der Waals surface area contributed by atoms with E-state index in [1.807, 2.05) is 24.3 Å². The predicted octanol–water partition coefficient (Wildman–Crippen LogP) is 1.17. The molecule has 0 aliphatic carbocycles. The quantitative estimate of drug-likeness (QED) is 0.623. The molecule has 0 saturated carbocycles. The van der Waals surface area contributed by atoms with Crippen molar-refractivity contribution in [2.45, 2.75) is 13.3 Å². The van der Waals surface area contributed by atoms with Crippen molar-refractivity contribution in [1.82, 2.24) is 15.2 Å². The number of aromatic nitrogens is 3. The van der Waals surface area contributed by atoms with E-state index in [9.17, 15) is 4.79 Å². The van der Waals surface area contributed by atoms with Gasteiger partial charge in [0.2, 0.25) is 0 Å². The Morgan fingerprint density at radius 1 is 1.39 bits per heavy atom. The van der Waals surface area contributed by atoms with Crippen molar-refractivity contribution in [3.8, 4) is 0 Å². The fourth-order valence-corrected chi connectivity index (χ4v) is 1.38. The highest BCUT2D eigenvalue weighted by Gasteiger charge is 1.93. The maximum atomic E-state index is 10.9. The number of anilines is 1.